The molecule has 1 atom stereocenters. The number of hydrogen-bond donors (Lipinski definition) is 0. The van der Waals surface area contributed by atoms with Crippen molar-refractivity contribution >= 4 is 11.5 Å². The topological polar surface area (TPSA) is 36.7 Å². The standard InChI is InChI=1S/C22H27N5/c1-2-8-18(9-3-1)16-25-12-6-10-19(17-25)20-21-23-11-7-15-27(21)24-22(20)26-13-4-5-14-26/h1-3,7-9,11,15,19H,4-6,10,12-14,16-17H2. The summed E-state index contributed by atoms with van der Waals surface area (Å²) in [6.07, 6.45) is 8.94. The first kappa shape index (κ1) is 16.8. The summed E-state index contributed by atoms with van der Waals surface area (Å²) in [4.78, 5) is 9.79. The molecule has 0 saturated carbocycles. The SMILES string of the molecule is c1ccc(CN2CCCC(c3c(N4CCCC4)nn4cccnc34)C2)cc1. The molecule has 2 aliphatic heterocycles. The fourth-order valence-electron chi connectivity index (χ4n) is 4.70. The first-order valence-corrected chi connectivity index (χ1v) is 10.2. The number of hydrogen-bond acceptors (Lipinski definition) is 4. The van der Waals surface area contributed by atoms with Crippen LogP contribution in [0.5, 0.6) is 0 Å². The van der Waals surface area contributed by atoms with Crippen molar-refractivity contribution in [2.24, 2.45) is 0 Å². The normalized spacial score (nSPS) is 21.2. The van der Waals surface area contributed by atoms with E-state index < -0.39 is 0 Å². The molecule has 1 unspecified atom stereocenters. The highest BCUT2D eigenvalue weighted by molar-refractivity contribution is 5.64. The van der Waals surface area contributed by atoms with Gasteiger partial charge in [-0.3, -0.25) is 4.90 Å². The lowest BCUT2D eigenvalue weighted by Crippen LogP contribution is -2.34. The highest BCUT2D eigenvalue weighted by atomic mass is 15.3. The second kappa shape index (κ2) is 7.31. The summed E-state index contributed by atoms with van der Waals surface area (Å²) in [7, 11) is 0. The van der Waals surface area contributed by atoms with Crippen LogP contribution in [0.2, 0.25) is 0 Å². The molecule has 140 valence electrons. The van der Waals surface area contributed by atoms with Gasteiger partial charge in [0.15, 0.2) is 11.5 Å². The van der Waals surface area contributed by atoms with Crippen molar-refractivity contribution < 1.29 is 0 Å². The predicted octanol–water partition coefficient (Wildman–Crippen LogP) is 3.71. The van der Waals surface area contributed by atoms with Crippen molar-refractivity contribution in [1.82, 2.24) is 19.5 Å². The molecule has 27 heavy (non-hydrogen) atoms. The third kappa shape index (κ3) is 3.32. The zero-order valence-corrected chi connectivity index (χ0v) is 15.8. The van der Waals surface area contributed by atoms with Crippen molar-refractivity contribution in [3.63, 3.8) is 0 Å². The molecule has 1 aromatic carbocycles. The van der Waals surface area contributed by atoms with Crippen LogP contribution in [-0.4, -0.2) is 45.7 Å². The Balaban J connectivity index is 1.46. The Bertz CT molecular complexity index is 897. The maximum absolute atomic E-state index is 4.94. The van der Waals surface area contributed by atoms with Crippen LogP contribution in [-0.2, 0) is 6.54 Å². The van der Waals surface area contributed by atoms with Gasteiger partial charge >= 0.3 is 0 Å². The van der Waals surface area contributed by atoms with Crippen LogP contribution in [0.3, 0.4) is 0 Å². The number of piperidine rings is 1. The van der Waals surface area contributed by atoms with Crippen LogP contribution in [0.25, 0.3) is 5.65 Å². The van der Waals surface area contributed by atoms with Crippen LogP contribution >= 0.6 is 0 Å². The van der Waals surface area contributed by atoms with Crippen molar-refractivity contribution in [1.29, 1.82) is 0 Å². The molecule has 2 aliphatic rings. The fraction of sp³-hybridized carbons (Fsp3) is 0.455. The minimum atomic E-state index is 0.505. The molecule has 2 saturated heterocycles. The molecule has 0 aliphatic carbocycles. The van der Waals surface area contributed by atoms with Gasteiger partial charge in [0, 0.05) is 50.1 Å². The number of anilines is 1. The highest BCUT2D eigenvalue weighted by Gasteiger charge is 2.30. The average Bonchev–Trinajstić information content (AvgIpc) is 3.36. The molecule has 5 rings (SSSR count). The van der Waals surface area contributed by atoms with Crippen molar-refractivity contribution in [2.45, 2.75) is 38.1 Å². The highest BCUT2D eigenvalue weighted by Crippen LogP contribution is 2.37. The Morgan fingerprint density at radius 1 is 0.963 bits per heavy atom. The molecule has 5 nitrogen and oxygen atoms in total. The van der Waals surface area contributed by atoms with E-state index in [2.05, 4.69) is 40.1 Å². The zero-order chi connectivity index (χ0) is 18.1. The number of likely N-dealkylation sites (tertiary alicyclic amines) is 1. The minimum Gasteiger partial charge on any atom is -0.355 e. The second-order valence-electron chi connectivity index (χ2n) is 7.88. The van der Waals surface area contributed by atoms with Crippen LogP contribution < -0.4 is 4.90 Å². The van der Waals surface area contributed by atoms with Gasteiger partial charge in [-0.2, -0.15) is 0 Å². The van der Waals surface area contributed by atoms with Crippen LogP contribution in [0.4, 0.5) is 5.82 Å². The Hall–Kier alpha value is -2.40. The summed E-state index contributed by atoms with van der Waals surface area (Å²) in [5, 5.41) is 4.94. The largest absolute Gasteiger partial charge is 0.355 e. The molecule has 2 aromatic heterocycles. The van der Waals surface area contributed by atoms with Gasteiger partial charge in [-0.15, -0.1) is 5.10 Å². The van der Waals surface area contributed by atoms with E-state index in [0.29, 0.717) is 5.92 Å². The summed E-state index contributed by atoms with van der Waals surface area (Å²) < 4.78 is 1.99. The van der Waals surface area contributed by atoms with Crippen LogP contribution in [0.15, 0.2) is 48.8 Å². The Kier molecular flexibility index (Phi) is 4.54. The molecule has 0 spiro atoms. The molecular weight excluding hydrogens is 334 g/mol. The number of rotatable bonds is 4. The Morgan fingerprint density at radius 2 is 1.81 bits per heavy atom. The Morgan fingerprint density at radius 3 is 2.67 bits per heavy atom. The van der Waals surface area contributed by atoms with Gasteiger partial charge in [-0.1, -0.05) is 30.3 Å². The van der Waals surface area contributed by atoms with E-state index in [9.17, 15) is 0 Å². The summed E-state index contributed by atoms with van der Waals surface area (Å²) in [6, 6.07) is 12.8. The molecular formula is C22H27N5. The lowest BCUT2D eigenvalue weighted by Gasteiger charge is -2.33. The third-order valence-corrected chi connectivity index (χ3v) is 5.98. The molecule has 2 fully saturated rings. The van der Waals surface area contributed by atoms with Crippen molar-refractivity contribution in [2.75, 3.05) is 31.1 Å². The second-order valence-corrected chi connectivity index (χ2v) is 7.88. The lowest BCUT2D eigenvalue weighted by molar-refractivity contribution is 0.201. The van der Waals surface area contributed by atoms with Crippen molar-refractivity contribution in [3.8, 4) is 0 Å². The molecule has 4 heterocycles. The minimum absolute atomic E-state index is 0.505. The van der Waals surface area contributed by atoms with E-state index in [0.717, 1.165) is 31.8 Å². The monoisotopic (exact) mass is 361 g/mol. The lowest BCUT2D eigenvalue weighted by atomic mass is 9.91. The van der Waals surface area contributed by atoms with Gasteiger partial charge < -0.3 is 4.90 Å². The molecule has 0 radical (unpaired) electrons. The van der Waals surface area contributed by atoms with Crippen molar-refractivity contribution in [3.05, 3.63) is 59.9 Å². The van der Waals surface area contributed by atoms with E-state index in [1.54, 1.807) is 0 Å². The summed E-state index contributed by atoms with van der Waals surface area (Å²) in [6.45, 7) is 5.54. The molecule has 0 bridgehead atoms. The fourth-order valence-corrected chi connectivity index (χ4v) is 4.70. The number of fused-ring (bicyclic) bond motifs is 1. The van der Waals surface area contributed by atoms with Gasteiger partial charge in [0.25, 0.3) is 0 Å². The maximum Gasteiger partial charge on any atom is 0.160 e. The number of benzene rings is 1. The summed E-state index contributed by atoms with van der Waals surface area (Å²) in [5.41, 5.74) is 3.82. The first-order valence-electron chi connectivity index (χ1n) is 10.2. The van der Waals surface area contributed by atoms with Gasteiger partial charge in [-0.25, -0.2) is 9.50 Å². The molecule has 0 amide bonds. The van der Waals surface area contributed by atoms with Gasteiger partial charge in [0.1, 0.15) is 0 Å². The predicted molar refractivity (Wildman–Crippen MR) is 108 cm³/mol. The summed E-state index contributed by atoms with van der Waals surface area (Å²) >= 11 is 0. The molecule has 5 heteroatoms. The van der Waals surface area contributed by atoms with E-state index in [-0.39, 0.29) is 0 Å². The van der Waals surface area contributed by atoms with E-state index >= 15 is 0 Å². The smallest absolute Gasteiger partial charge is 0.160 e. The van der Waals surface area contributed by atoms with E-state index in [4.69, 9.17) is 10.1 Å². The van der Waals surface area contributed by atoms with Crippen LogP contribution in [0, 0.1) is 0 Å². The van der Waals surface area contributed by atoms with Gasteiger partial charge in [0.2, 0.25) is 0 Å². The number of nitrogens with zero attached hydrogens (tertiary/aromatic N) is 5. The Labute approximate surface area is 160 Å². The maximum atomic E-state index is 4.94. The summed E-state index contributed by atoms with van der Waals surface area (Å²) in [5.74, 6) is 1.68. The van der Waals surface area contributed by atoms with Crippen LogP contribution in [0.1, 0.15) is 42.7 Å². The van der Waals surface area contributed by atoms with E-state index in [1.165, 1.54) is 49.2 Å². The number of aromatic nitrogens is 3. The molecule has 0 N–H and O–H groups in total. The zero-order valence-electron chi connectivity index (χ0n) is 15.8. The molecule has 3 aromatic rings. The third-order valence-electron chi connectivity index (χ3n) is 5.98. The van der Waals surface area contributed by atoms with E-state index in [1.807, 2.05) is 23.0 Å². The quantitative estimate of drug-likeness (QED) is 0.710. The average molecular weight is 361 g/mol. The first-order chi connectivity index (χ1) is 13.4. The van der Waals surface area contributed by atoms with Gasteiger partial charge in [-0.05, 0) is 43.9 Å². The van der Waals surface area contributed by atoms with Gasteiger partial charge in [0.05, 0.1) is 0 Å².